The number of hydrogen-bond donors (Lipinski definition) is 1. The van der Waals surface area contributed by atoms with Gasteiger partial charge in [-0.3, -0.25) is 14.9 Å². The molecule has 1 N–H and O–H groups in total. The van der Waals surface area contributed by atoms with Gasteiger partial charge in [0.05, 0.1) is 11.4 Å². The van der Waals surface area contributed by atoms with Crippen LogP contribution < -0.4 is 15.0 Å². The first-order valence-corrected chi connectivity index (χ1v) is 10.1. The standard InChI is InChI=1S/C21H18ClN3O3S/c1-12-4-9-17-16(10-12)25(3)19(27)21(2,28-17)18(26)24-20-23-15(11-29-20)13-5-7-14(22)8-6-13/h4-11H,1-3H3,(H,23,24,26). The molecule has 8 heteroatoms. The number of carbonyl (C=O) groups excluding carboxylic acids is 2. The molecule has 1 aliphatic heterocycles. The molecule has 0 saturated heterocycles. The van der Waals surface area contributed by atoms with E-state index < -0.39 is 17.4 Å². The Labute approximate surface area is 177 Å². The van der Waals surface area contributed by atoms with E-state index >= 15 is 0 Å². The van der Waals surface area contributed by atoms with Crippen molar-refractivity contribution in [3.63, 3.8) is 0 Å². The number of hydrogen-bond acceptors (Lipinski definition) is 5. The lowest BCUT2D eigenvalue weighted by Gasteiger charge is -2.37. The number of halogens is 1. The zero-order valence-electron chi connectivity index (χ0n) is 16.0. The van der Waals surface area contributed by atoms with Crippen LogP contribution >= 0.6 is 22.9 Å². The normalized spacial score (nSPS) is 18.2. The van der Waals surface area contributed by atoms with Crippen LogP contribution in [-0.2, 0) is 9.59 Å². The second kappa shape index (κ2) is 7.17. The van der Waals surface area contributed by atoms with E-state index in [0.29, 0.717) is 27.3 Å². The Balaban J connectivity index is 1.57. The number of carbonyl (C=O) groups is 2. The second-order valence-electron chi connectivity index (χ2n) is 6.97. The molecule has 2 heterocycles. The number of aryl methyl sites for hydroxylation is 1. The number of thiazole rings is 1. The monoisotopic (exact) mass is 427 g/mol. The lowest BCUT2D eigenvalue weighted by Crippen LogP contribution is -2.59. The fourth-order valence-electron chi connectivity index (χ4n) is 3.11. The molecule has 1 aromatic heterocycles. The topological polar surface area (TPSA) is 71.5 Å². The Morgan fingerprint density at radius 2 is 1.97 bits per heavy atom. The summed E-state index contributed by atoms with van der Waals surface area (Å²) in [4.78, 5) is 31.8. The smallest absolute Gasteiger partial charge is 0.280 e. The molecule has 3 aromatic rings. The number of ether oxygens (including phenoxy) is 1. The summed E-state index contributed by atoms with van der Waals surface area (Å²) >= 11 is 7.19. The third kappa shape index (κ3) is 3.47. The highest BCUT2D eigenvalue weighted by molar-refractivity contribution is 7.14. The van der Waals surface area contributed by atoms with Crippen LogP contribution in [0.3, 0.4) is 0 Å². The highest BCUT2D eigenvalue weighted by Gasteiger charge is 2.50. The molecule has 1 aliphatic rings. The van der Waals surface area contributed by atoms with E-state index in [1.165, 1.54) is 23.2 Å². The van der Waals surface area contributed by atoms with Crippen molar-refractivity contribution >= 4 is 45.6 Å². The molecule has 0 saturated carbocycles. The number of nitrogens with one attached hydrogen (secondary N) is 1. The number of anilines is 2. The minimum Gasteiger partial charge on any atom is -0.465 e. The van der Waals surface area contributed by atoms with Gasteiger partial charge in [-0.25, -0.2) is 4.98 Å². The molecule has 1 unspecified atom stereocenters. The van der Waals surface area contributed by atoms with Crippen molar-refractivity contribution in [2.75, 3.05) is 17.3 Å². The molecule has 0 radical (unpaired) electrons. The van der Waals surface area contributed by atoms with E-state index in [1.807, 2.05) is 36.6 Å². The highest BCUT2D eigenvalue weighted by Crippen LogP contribution is 2.38. The number of amides is 2. The van der Waals surface area contributed by atoms with Crippen LogP contribution in [0.15, 0.2) is 47.8 Å². The number of fused-ring (bicyclic) bond motifs is 1. The van der Waals surface area contributed by atoms with Crippen LogP contribution in [0.5, 0.6) is 5.75 Å². The van der Waals surface area contributed by atoms with Crippen molar-refractivity contribution in [1.29, 1.82) is 0 Å². The molecule has 0 aliphatic carbocycles. The average Bonchev–Trinajstić information content (AvgIpc) is 3.16. The minimum atomic E-state index is -1.69. The molecule has 2 aromatic carbocycles. The average molecular weight is 428 g/mol. The number of benzene rings is 2. The van der Waals surface area contributed by atoms with Crippen LogP contribution in [0.4, 0.5) is 10.8 Å². The van der Waals surface area contributed by atoms with Gasteiger partial charge in [-0.1, -0.05) is 29.8 Å². The first-order valence-electron chi connectivity index (χ1n) is 8.89. The van der Waals surface area contributed by atoms with E-state index in [9.17, 15) is 9.59 Å². The SMILES string of the molecule is Cc1ccc2c(c1)N(C)C(=O)C(C)(C(=O)Nc1nc(-c3ccc(Cl)cc3)cs1)O2. The molecule has 0 spiro atoms. The lowest BCUT2D eigenvalue weighted by atomic mass is 10.00. The van der Waals surface area contributed by atoms with E-state index in [1.54, 1.807) is 25.2 Å². The summed E-state index contributed by atoms with van der Waals surface area (Å²) in [6.07, 6.45) is 0. The number of nitrogens with zero attached hydrogens (tertiary/aromatic N) is 2. The molecule has 2 amide bonds. The van der Waals surface area contributed by atoms with Gasteiger partial charge in [-0.2, -0.15) is 0 Å². The van der Waals surface area contributed by atoms with Gasteiger partial charge in [-0.15, -0.1) is 11.3 Å². The largest absolute Gasteiger partial charge is 0.465 e. The molecule has 6 nitrogen and oxygen atoms in total. The van der Waals surface area contributed by atoms with Crippen molar-refractivity contribution in [2.45, 2.75) is 19.4 Å². The second-order valence-corrected chi connectivity index (χ2v) is 8.26. The Hall–Kier alpha value is -2.90. The fourth-order valence-corrected chi connectivity index (χ4v) is 3.95. The fraction of sp³-hybridized carbons (Fsp3) is 0.190. The summed E-state index contributed by atoms with van der Waals surface area (Å²) in [7, 11) is 1.64. The quantitative estimate of drug-likeness (QED) is 0.623. The molecule has 0 bridgehead atoms. The summed E-state index contributed by atoms with van der Waals surface area (Å²) in [5.41, 5.74) is 1.53. The summed E-state index contributed by atoms with van der Waals surface area (Å²) < 4.78 is 5.85. The third-order valence-electron chi connectivity index (χ3n) is 4.80. The van der Waals surface area contributed by atoms with Crippen LogP contribution in [0.1, 0.15) is 12.5 Å². The van der Waals surface area contributed by atoms with Gasteiger partial charge >= 0.3 is 0 Å². The molecular formula is C21H18ClN3O3S. The number of rotatable bonds is 3. The summed E-state index contributed by atoms with van der Waals surface area (Å²) in [5, 5.41) is 5.57. The van der Waals surface area contributed by atoms with Crippen molar-refractivity contribution < 1.29 is 14.3 Å². The van der Waals surface area contributed by atoms with Crippen LogP contribution in [-0.4, -0.2) is 29.4 Å². The maximum atomic E-state index is 13.0. The first kappa shape index (κ1) is 19.4. The van der Waals surface area contributed by atoms with Gasteiger partial charge in [0.2, 0.25) is 0 Å². The summed E-state index contributed by atoms with van der Waals surface area (Å²) in [6, 6.07) is 12.8. The zero-order chi connectivity index (χ0) is 20.8. The van der Waals surface area contributed by atoms with Gasteiger partial charge in [0, 0.05) is 23.0 Å². The molecule has 148 valence electrons. The van der Waals surface area contributed by atoms with Gasteiger partial charge in [-0.05, 0) is 43.7 Å². The lowest BCUT2D eigenvalue weighted by molar-refractivity contribution is -0.144. The Bertz CT molecular complexity index is 1110. The Morgan fingerprint density at radius 3 is 2.69 bits per heavy atom. The van der Waals surface area contributed by atoms with Crippen molar-refractivity contribution in [3.8, 4) is 17.0 Å². The van der Waals surface area contributed by atoms with E-state index in [4.69, 9.17) is 16.3 Å². The molecule has 4 rings (SSSR count). The predicted octanol–water partition coefficient (Wildman–Crippen LogP) is 4.52. The third-order valence-corrected chi connectivity index (χ3v) is 5.81. The zero-order valence-corrected chi connectivity index (χ0v) is 17.6. The van der Waals surface area contributed by atoms with Crippen molar-refractivity contribution in [1.82, 2.24) is 4.98 Å². The van der Waals surface area contributed by atoms with Gasteiger partial charge in [0.15, 0.2) is 5.13 Å². The van der Waals surface area contributed by atoms with Crippen LogP contribution in [0.25, 0.3) is 11.3 Å². The maximum Gasteiger partial charge on any atom is 0.280 e. The van der Waals surface area contributed by atoms with Gasteiger partial charge < -0.3 is 9.64 Å². The predicted molar refractivity (Wildman–Crippen MR) is 115 cm³/mol. The number of likely N-dealkylation sites (N-methyl/N-ethyl adjacent to an activating group) is 1. The van der Waals surface area contributed by atoms with Crippen molar-refractivity contribution in [2.24, 2.45) is 0 Å². The van der Waals surface area contributed by atoms with Crippen LogP contribution in [0.2, 0.25) is 5.02 Å². The van der Waals surface area contributed by atoms with E-state index in [0.717, 1.165) is 11.1 Å². The Morgan fingerprint density at radius 1 is 1.24 bits per heavy atom. The summed E-state index contributed by atoms with van der Waals surface area (Å²) in [6.45, 7) is 3.40. The van der Waals surface area contributed by atoms with Crippen LogP contribution in [0, 0.1) is 6.92 Å². The maximum absolute atomic E-state index is 13.0. The Kier molecular flexibility index (Phi) is 4.80. The van der Waals surface area contributed by atoms with Gasteiger partial charge in [0.25, 0.3) is 17.4 Å². The first-order chi connectivity index (χ1) is 13.8. The van der Waals surface area contributed by atoms with E-state index in [-0.39, 0.29) is 0 Å². The molecular weight excluding hydrogens is 410 g/mol. The summed E-state index contributed by atoms with van der Waals surface area (Å²) in [5.74, 6) is -0.531. The molecule has 1 atom stereocenters. The highest BCUT2D eigenvalue weighted by atomic mass is 35.5. The van der Waals surface area contributed by atoms with E-state index in [2.05, 4.69) is 10.3 Å². The van der Waals surface area contributed by atoms with Crippen molar-refractivity contribution in [3.05, 3.63) is 58.4 Å². The molecule has 0 fully saturated rings. The number of aromatic nitrogens is 1. The molecule has 29 heavy (non-hydrogen) atoms. The minimum absolute atomic E-state index is 0.384. The van der Waals surface area contributed by atoms with Gasteiger partial charge in [0.1, 0.15) is 5.75 Å².